The van der Waals surface area contributed by atoms with Crippen molar-refractivity contribution >= 4 is 5.97 Å². The van der Waals surface area contributed by atoms with E-state index >= 15 is 0 Å². The van der Waals surface area contributed by atoms with E-state index in [1.54, 1.807) is 12.1 Å². The zero-order chi connectivity index (χ0) is 17.2. The Hall–Kier alpha value is -2.29. The average molecular weight is 324 g/mol. The lowest BCUT2D eigenvalue weighted by molar-refractivity contribution is -0.144. The van der Waals surface area contributed by atoms with Crippen molar-refractivity contribution in [1.29, 1.82) is 0 Å². The molecule has 0 aromatic heterocycles. The van der Waals surface area contributed by atoms with Gasteiger partial charge in [-0.25, -0.2) is 0 Å². The summed E-state index contributed by atoms with van der Waals surface area (Å²) in [5, 5.41) is 9.60. The summed E-state index contributed by atoms with van der Waals surface area (Å²) in [5.74, 6) is 0.122. The molecule has 3 rings (SSSR count). The normalized spacial score (nSPS) is 25.2. The molecule has 3 heteroatoms. The molecule has 0 saturated heterocycles. The predicted octanol–water partition coefficient (Wildman–Crippen LogP) is 4.33. The van der Waals surface area contributed by atoms with Gasteiger partial charge in [0.05, 0.1) is 13.0 Å². The topological polar surface area (TPSA) is 46.5 Å². The summed E-state index contributed by atoms with van der Waals surface area (Å²) in [7, 11) is 0. The highest BCUT2D eigenvalue weighted by Gasteiger charge is 2.68. The third-order valence-electron chi connectivity index (χ3n) is 5.50. The molecule has 2 aromatic carbocycles. The van der Waals surface area contributed by atoms with Crippen LogP contribution in [0.15, 0.2) is 54.6 Å². The maximum atomic E-state index is 12.3. The van der Waals surface area contributed by atoms with Gasteiger partial charge in [0, 0.05) is 10.8 Å². The Morgan fingerprint density at radius 3 is 2.21 bits per heavy atom. The van der Waals surface area contributed by atoms with E-state index in [2.05, 4.69) is 19.1 Å². The first kappa shape index (κ1) is 16.6. The molecule has 0 bridgehead atoms. The molecule has 2 aromatic rings. The van der Waals surface area contributed by atoms with E-state index in [4.69, 9.17) is 4.74 Å². The Morgan fingerprint density at radius 1 is 1.00 bits per heavy atom. The molecule has 0 radical (unpaired) electrons. The first-order valence-electron chi connectivity index (χ1n) is 8.58. The Kier molecular flexibility index (Phi) is 4.35. The van der Waals surface area contributed by atoms with Gasteiger partial charge in [-0.2, -0.15) is 0 Å². The van der Waals surface area contributed by atoms with Crippen LogP contribution in [0.5, 0.6) is 5.75 Å². The van der Waals surface area contributed by atoms with Gasteiger partial charge >= 0.3 is 5.97 Å². The second-order valence-corrected chi connectivity index (χ2v) is 6.59. The fourth-order valence-electron chi connectivity index (χ4n) is 4.23. The van der Waals surface area contributed by atoms with Gasteiger partial charge in [0.2, 0.25) is 0 Å². The summed E-state index contributed by atoms with van der Waals surface area (Å²) in [6.07, 6.45) is 2.25. The van der Waals surface area contributed by atoms with Crippen LogP contribution in [-0.2, 0) is 20.4 Å². The Balaban J connectivity index is 2.03. The molecule has 2 unspecified atom stereocenters. The minimum Gasteiger partial charge on any atom is -0.508 e. The number of rotatable bonds is 6. The number of ether oxygens (including phenoxy) is 1. The van der Waals surface area contributed by atoms with Gasteiger partial charge in [-0.1, -0.05) is 49.4 Å². The summed E-state index contributed by atoms with van der Waals surface area (Å²) in [6, 6.07) is 17.7. The number of esters is 1. The lowest BCUT2D eigenvalue weighted by Gasteiger charge is -2.26. The number of phenols is 1. The SMILES string of the molecule is CCOC(=O)CC1(c2ccccc2)CC1(CC)c1ccc(O)cc1. The van der Waals surface area contributed by atoms with Crippen LogP contribution in [0.3, 0.4) is 0 Å². The van der Waals surface area contributed by atoms with Gasteiger partial charge < -0.3 is 9.84 Å². The number of aromatic hydroxyl groups is 1. The molecule has 0 amide bonds. The van der Waals surface area contributed by atoms with Crippen molar-refractivity contribution in [2.24, 2.45) is 0 Å². The van der Waals surface area contributed by atoms with Crippen LogP contribution in [-0.4, -0.2) is 17.7 Å². The molecule has 1 fully saturated rings. The van der Waals surface area contributed by atoms with Crippen molar-refractivity contribution in [2.45, 2.75) is 43.9 Å². The maximum Gasteiger partial charge on any atom is 0.306 e. The van der Waals surface area contributed by atoms with E-state index in [1.165, 1.54) is 11.1 Å². The molecule has 126 valence electrons. The Morgan fingerprint density at radius 2 is 1.62 bits per heavy atom. The van der Waals surface area contributed by atoms with Crippen LogP contribution in [0.4, 0.5) is 0 Å². The van der Waals surface area contributed by atoms with E-state index in [0.29, 0.717) is 13.0 Å². The van der Waals surface area contributed by atoms with Gasteiger partial charge in [-0.05, 0) is 43.0 Å². The number of phenolic OH excluding ortho intramolecular Hbond substituents is 1. The quantitative estimate of drug-likeness (QED) is 0.804. The van der Waals surface area contributed by atoms with Crippen molar-refractivity contribution in [2.75, 3.05) is 6.61 Å². The lowest BCUT2D eigenvalue weighted by Crippen LogP contribution is -2.26. The first-order valence-corrected chi connectivity index (χ1v) is 8.58. The number of hydrogen-bond acceptors (Lipinski definition) is 3. The average Bonchev–Trinajstić information content (AvgIpc) is 3.26. The lowest BCUT2D eigenvalue weighted by atomic mass is 9.78. The summed E-state index contributed by atoms with van der Waals surface area (Å²) < 4.78 is 5.25. The Labute approximate surface area is 143 Å². The summed E-state index contributed by atoms with van der Waals surface area (Å²) >= 11 is 0. The molecule has 24 heavy (non-hydrogen) atoms. The minimum atomic E-state index is -0.230. The van der Waals surface area contributed by atoms with Gasteiger partial charge in [-0.15, -0.1) is 0 Å². The van der Waals surface area contributed by atoms with Crippen LogP contribution in [0, 0.1) is 0 Å². The maximum absolute atomic E-state index is 12.3. The molecule has 2 atom stereocenters. The van der Waals surface area contributed by atoms with Gasteiger partial charge in [0.25, 0.3) is 0 Å². The molecule has 0 aliphatic heterocycles. The van der Waals surface area contributed by atoms with Crippen LogP contribution in [0.2, 0.25) is 0 Å². The molecule has 1 aliphatic rings. The molecule has 3 nitrogen and oxygen atoms in total. The third-order valence-corrected chi connectivity index (χ3v) is 5.50. The van der Waals surface area contributed by atoms with Gasteiger partial charge in [0.1, 0.15) is 5.75 Å². The smallest absolute Gasteiger partial charge is 0.306 e. The van der Waals surface area contributed by atoms with E-state index in [9.17, 15) is 9.90 Å². The second kappa shape index (κ2) is 6.31. The van der Waals surface area contributed by atoms with Gasteiger partial charge in [-0.3, -0.25) is 4.79 Å². The molecule has 0 heterocycles. The highest BCUT2D eigenvalue weighted by atomic mass is 16.5. The predicted molar refractivity (Wildman–Crippen MR) is 94.1 cm³/mol. The van der Waals surface area contributed by atoms with E-state index in [0.717, 1.165) is 12.8 Å². The monoisotopic (exact) mass is 324 g/mol. The zero-order valence-corrected chi connectivity index (χ0v) is 14.3. The van der Waals surface area contributed by atoms with Crippen molar-refractivity contribution in [1.82, 2.24) is 0 Å². The van der Waals surface area contributed by atoms with E-state index < -0.39 is 0 Å². The molecule has 1 aliphatic carbocycles. The fourth-order valence-corrected chi connectivity index (χ4v) is 4.23. The highest BCUT2D eigenvalue weighted by molar-refractivity contribution is 5.74. The van der Waals surface area contributed by atoms with Crippen LogP contribution in [0.25, 0.3) is 0 Å². The van der Waals surface area contributed by atoms with Crippen LogP contribution < -0.4 is 0 Å². The zero-order valence-electron chi connectivity index (χ0n) is 14.3. The number of carbonyl (C=O) groups excluding carboxylic acids is 1. The number of carbonyl (C=O) groups is 1. The summed E-state index contributed by atoms with van der Waals surface area (Å²) in [5.41, 5.74) is 2.05. The van der Waals surface area contributed by atoms with E-state index in [-0.39, 0.29) is 22.5 Å². The standard InChI is InChI=1S/C21H24O3/c1-3-20(17-10-12-18(22)13-11-17)15-21(20,14-19(23)24-4-2)16-8-6-5-7-9-16/h5-13,22H,3-4,14-15H2,1-2H3. The molecule has 0 spiro atoms. The highest BCUT2D eigenvalue weighted by Crippen LogP contribution is 2.69. The van der Waals surface area contributed by atoms with Crippen molar-refractivity contribution in [3.63, 3.8) is 0 Å². The van der Waals surface area contributed by atoms with Crippen molar-refractivity contribution in [3.05, 3.63) is 65.7 Å². The fraction of sp³-hybridized carbons (Fsp3) is 0.381. The second-order valence-electron chi connectivity index (χ2n) is 6.59. The number of benzene rings is 2. The molecular formula is C21H24O3. The largest absolute Gasteiger partial charge is 0.508 e. The minimum absolute atomic E-state index is 0.0885. The van der Waals surface area contributed by atoms with Crippen LogP contribution >= 0.6 is 0 Å². The summed E-state index contributed by atoms with van der Waals surface area (Å²) in [4.78, 5) is 12.3. The molecule has 1 N–H and O–H groups in total. The number of hydrogen-bond donors (Lipinski definition) is 1. The van der Waals surface area contributed by atoms with Crippen molar-refractivity contribution in [3.8, 4) is 5.75 Å². The molecular weight excluding hydrogens is 300 g/mol. The van der Waals surface area contributed by atoms with Gasteiger partial charge in [0.15, 0.2) is 0 Å². The third kappa shape index (κ3) is 2.58. The van der Waals surface area contributed by atoms with Crippen molar-refractivity contribution < 1.29 is 14.6 Å². The summed E-state index contributed by atoms with van der Waals surface area (Å²) in [6.45, 7) is 4.41. The van der Waals surface area contributed by atoms with Crippen LogP contribution in [0.1, 0.15) is 44.2 Å². The molecule has 1 saturated carbocycles. The van der Waals surface area contributed by atoms with E-state index in [1.807, 2.05) is 37.3 Å². The first-order chi connectivity index (χ1) is 11.6. The Bertz CT molecular complexity index is 708.